The SMILES string of the molecule is Nc1cc2c(F)cc(S)cc2s1. The van der Waals surface area contributed by atoms with Gasteiger partial charge in [0, 0.05) is 15.0 Å². The normalized spacial score (nSPS) is 10.8. The smallest absolute Gasteiger partial charge is 0.133 e. The summed E-state index contributed by atoms with van der Waals surface area (Å²) in [6, 6.07) is 4.84. The van der Waals surface area contributed by atoms with Crippen LogP contribution in [0, 0.1) is 5.82 Å². The molecule has 0 atom stereocenters. The van der Waals surface area contributed by atoms with Crippen molar-refractivity contribution in [1.82, 2.24) is 0 Å². The van der Waals surface area contributed by atoms with Crippen LogP contribution in [0.3, 0.4) is 0 Å². The molecule has 1 aromatic carbocycles. The van der Waals surface area contributed by atoms with Crippen molar-refractivity contribution in [2.45, 2.75) is 4.90 Å². The van der Waals surface area contributed by atoms with Crippen molar-refractivity contribution in [3.63, 3.8) is 0 Å². The quantitative estimate of drug-likeness (QED) is 0.627. The fourth-order valence-electron chi connectivity index (χ4n) is 1.10. The Hall–Kier alpha value is -0.740. The van der Waals surface area contributed by atoms with Gasteiger partial charge in [0.1, 0.15) is 5.82 Å². The lowest BCUT2D eigenvalue weighted by atomic mass is 10.2. The highest BCUT2D eigenvalue weighted by atomic mass is 32.1. The van der Waals surface area contributed by atoms with Crippen LogP contribution >= 0.6 is 24.0 Å². The van der Waals surface area contributed by atoms with E-state index in [1.165, 1.54) is 17.4 Å². The third-order valence-electron chi connectivity index (χ3n) is 1.59. The van der Waals surface area contributed by atoms with Gasteiger partial charge in [0.15, 0.2) is 0 Å². The molecule has 2 N–H and O–H groups in total. The number of thiol groups is 1. The summed E-state index contributed by atoms with van der Waals surface area (Å²) in [5.74, 6) is -0.259. The van der Waals surface area contributed by atoms with E-state index in [-0.39, 0.29) is 5.82 Å². The summed E-state index contributed by atoms with van der Waals surface area (Å²) < 4.78 is 14.0. The summed E-state index contributed by atoms with van der Waals surface area (Å²) in [6.45, 7) is 0. The predicted octanol–water partition coefficient (Wildman–Crippen LogP) is 2.91. The highest BCUT2D eigenvalue weighted by molar-refractivity contribution is 7.80. The van der Waals surface area contributed by atoms with E-state index in [9.17, 15) is 4.39 Å². The molecule has 1 aromatic heterocycles. The second-order valence-electron chi connectivity index (χ2n) is 2.49. The van der Waals surface area contributed by atoms with Crippen LogP contribution in [-0.4, -0.2) is 0 Å². The number of nitrogen functional groups attached to an aromatic ring is 1. The largest absolute Gasteiger partial charge is 0.391 e. The Bertz CT molecular complexity index is 436. The van der Waals surface area contributed by atoms with Crippen molar-refractivity contribution >= 4 is 39.1 Å². The van der Waals surface area contributed by atoms with E-state index in [0.29, 0.717) is 15.3 Å². The summed E-state index contributed by atoms with van der Waals surface area (Å²) in [7, 11) is 0. The average Bonchev–Trinajstić information content (AvgIpc) is 2.29. The highest BCUT2D eigenvalue weighted by Crippen LogP contribution is 2.31. The number of benzene rings is 1. The van der Waals surface area contributed by atoms with Gasteiger partial charge in [-0.3, -0.25) is 0 Å². The number of hydrogen-bond donors (Lipinski definition) is 2. The molecule has 0 amide bonds. The molecular weight excluding hydrogens is 193 g/mol. The topological polar surface area (TPSA) is 26.0 Å². The molecular formula is C8H6FNS2. The van der Waals surface area contributed by atoms with Crippen molar-refractivity contribution in [2.24, 2.45) is 0 Å². The Kier molecular flexibility index (Phi) is 1.73. The Morgan fingerprint density at radius 3 is 2.83 bits per heavy atom. The number of halogens is 1. The Labute approximate surface area is 78.4 Å². The molecule has 0 saturated carbocycles. The maximum absolute atomic E-state index is 13.2. The minimum Gasteiger partial charge on any atom is -0.391 e. The van der Waals surface area contributed by atoms with Crippen LogP contribution in [0.1, 0.15) is 0 Å². The van der Waals surface area contributed by atoms with Crippen LogP contribution in [0.5, 0.6) is 0 Å². The predicted molar refractivity (Wildman–Crippen MR) is 53.4 cm³/mol. The lowest BCUT2D eigenvalue weighted by Crippen LogP contribution is -1.75. The van der Waals surface area contributed by atoms with Crippen molar-refractivity contribution in [3.8, 4) is 0 Å². The lowest BCUT2D eigenvalue weighted by molar-refractivity contribution is 0.637. The van der Waals surface area contributed by atoms with Gasteiger partial charge in [-0.15, -0.1) is 24.0 Å². The summed E-state index contributed by atoms with van der Waals surface area (Å²) in [6.07, 6.45) is 0. The van der Waals surface area contributed by atoms with Crippen molar-refractivity contribution in [3.05, 3.63) is 24.0 Å². The van der Waals surface area contributed by atoms with E-state index in [1.807, 2.05) is 6.07 Å². The molecule has 12 heavy (non-hydrogen) atoms. The van der Waals surface area contributed by atoms with E-state index >= 15 is 0 Å². The number of anilines is 1. The number of rotatable bonds is 0. The molecule has 0 bridgehead atoms. The Morgan fingerprint density at radius 2 is 2.08 bits per heavy atom. The second-order valence-corrected chi connectivity index (χ2v) is 4.12. The third kappa shape index (κ3) is 1.17. The second kappa shape index (κ2) is 2.64. The Morgan fingerprint density at radius 1 is 1.33 bits per heavy atom. The van der Waals surface area contributed by atoms with Gasteiger partial charge in [0.05, 0.1) is 5.00 Å². The first kappa shape index (κ1) is 7.89. The molecule has 4 heteroatoms. The van der Waals surface area contributed by atoms with Crippen LogP contribution in [-0.2, 0) is 0 Å². The summed E-state index contributed by atoms with van der Waals surface area (Å²) in [5.41, 5.74) is 5.54. The third-order valence-corrected chi connectivity index (χ3v) is 2.76. The molecule has 62 valence electrons. The highest BCUT2D eigenvalue weighted by Gasteiger charge is 2.05. The number of hydrogen-bond acceptors (Lipinski definition) is 3. The van der Waals surface area contributed by atoms with Gasteiger partial charge < -0.3 is 5.73 Å². The lowest BCUT2D eigenvalue weighted by Gasteiger charge is -1.93. The molecule has 0 radical (unpaired) electrons. The molecule has 0 aliphatic heterocycles. The zero-order valence-corrected chi connectivity index (χ0v) is 7.75. The zero-order chi connectivity index (χ0) is 8.72. The minimum absolute atomic E-state index is 0.259. The van der Waals surface area contributed by atoms with Crippen molar-refractivity contribution in [2.75, 3.05) is 5.73 Å². The van der Waals surface area contributed by atoms with Crippen LogP contribution in [0.15, 0.2) is 23.1 Å². The van der Waals surface area contributed by atoms with Crippen LogP contribution < -0.4 is 5.73 Å². The monoisotopic (exact) mass is 199 g/mol. The van der Waals surface area contributed by atoms with Crippen LogP contribution in [0.2, 0.25) is 0 Å². The maximum atomic E-state index is 13.2. The summed E-state index contributed by atoms with van der Waals surface area (Å²) in [4.78, 5) is 0.627. The molecule has 0 spiro atoms. The maximum Gasteiger partial charge on any atom is 0.133 e. The zero-order valence-electron chi connectivity index (χ0n) is 6.04. The number of nitrogens with two attached hydrogens (primary N) is 1. The van der Waals surface area contributed by atoms with E-state index in [0.717, 1.165) is 4.70 Å². The minimum atomic E-state index is -0.259. The molecule has 0 aliphatic carbocycles. The van der Waals surface area contributed by atoms with E-state index in [1.54, 1.807) is 6.07 Å². The van der Waals surface area contributed by atoms with E-state index in [4.69, 9.17) is 5.73 Å². The summed E-state index contributed by atoms with van der Waals surface area (Å²) >= 11 is 5.43. The van der Waals surface area contributed by atoms with Crippen molar-refractivity contribution in [1.29, 1.82) is 0 Å². The molecule has 0 fully saturated rings. The molecule has 0 aliphatic rings. The van der Waals surface area contributed by atoms with Gasteiger partial charge in [0.25, 0.3) is 0 Å². The van der Waals surface area contributed by atoms with Gasteiger partial charge in [0.2, 0.25) is 0 Å². The molecule has 2 rings (SSSR count). The fourth-order valence-corrected chi connectivity index (χ4v) is 2.31. The van der Waals surface area contributed by atoms with Gasteiger partial charge in [-0.1, -0.05) is 0 Å². The number of thiophene rings is 1. The van der Waals surface area contributed by atoms with Gasteiger partial charge in [-0.05, 0) is 18.2 Å². The van der Waals surface area contributed by atoms with Crippen LogP contribution in [0.4, 0.5) is 9.39 Å². The van der Waals surface area contributed by atoms with Crippen LogP contribution in [0.25, 0.3) is 10.1 Å². The molecule has 0 saturated heterocycles. The first-order valence-corrected chi connectivity index (χ1v) is 4.61. The van der Waals surface area contributed by atoms with Gasteiger partial charge in [-0.25, -0.2) is 4.39 Å². The Balaban J connectivity index is 2.88. The standard InChI is InChI=1S/C8H6FNS2/c9-6-1-4(11)2-7-5(6)3-8(10)12-7/h1-3,11H,10H2. The molecule has 0 unspecified atom stereocenters. The first-order valence-electron chi connectivity index (χ1n) is 3.34. The van der Waals surface area contributed by atoms with E-state index in [2.05, 4.69) is 12.6 Å². The van der Waals surface area contributed by atoms with Crippen molar-refractivity contribution < 1.29 is 4.39 Å². The first-order chi connectivity index (χ1) is 5.66. The van der Waals surface area contributed by atoms with Gasteiger partial charge in [-0.2, -0.15) is 0 Å². The summed E-state index contributed by atoms with van der Waals surface area (Å²) in [5, 5.41) is 1.21. The average molecular weight is 199 g/mol. The molecule has 1 heterocycles. The van der Waals surface area contributed by atoms with E-state index < -0.39 is 0 Å². The number of fused-ring (bicyclic) bond motifs is 1. The van der Waals surface area contributed by atoms with Gasteiger partial charge >= 0.3 is 0 Å². The molecule has 1 nitrogen and oxygen atoms in total. The fraction of sp³-hybridized carbons (Fsp3) is 0. The molecule has 2 aromatic rings.